The van der Waals surface area contributed by atoms with Crippen molar-refractivity contribution in [3.8, 4) is 0 Å². The van der Waals surface area contributed by atoms with Crippen molar-refractivity contribution in [2.45, 2.75) is 12.8 Å². The molecule has 1 nitrogen and oxygen atoms in total. The van der Waals surface area contributed by atoms with E-state index in [0.29, 0.717) is 0 Å². The zero-order chi connectivity index (χ0) is 11.7. The van der Waals surface area contributed by atoms with Gasteiger partial charge in [0.15, 0.2) is 0 Å². The molecule has 1 aliphatic heterocycles. The summed E-state index contributed by atoms with van der Waals surface area (Å²) in [7, 11) is 0. The van der Waals surface area contributed by atoms with Gasteiger partial charge in [-0.2, -0.15) is 0 Å². The van der Waals surface area contributed by atoms with Crippen LogP contribution in [0.2, 0.25) is 0 Å². The Bertz CT molecular complexity index is 550. The molecule has 0 saturated carbocycles. The van der Waals surface area contributed by atoms with Gasteiger partial charge in [-0.3, -0.25) is 0 Å². The van der Waals surface area contributed by atoms with Crippen molar-refractivity contribution in [1.29, 1.82) is 0 Å². The average molecular weight is 223 g/mol. The van der Waals surface area contributed by atoms with Crippen molar-refractivity contribution in [1.82, 2.24) is 0 Å². The molecule has 0 atom stereocenters. The molecule has 1 heterocycles. The van der Waals surface area contributed by atoms with Gasteiger partial charge in [-0.1, -0.05) is 43.0 Å². The maximum Gasteiger partial charge on any atom is 0.0446 e. The van der Waals surface area contributed by atoms with Crippen LogP contribution in [0.1, 0.15) is 18.4 Å². The molecule has 2 aromatic carbocycles. The van der Waals surface area contributed by atoms with Crippen molar-refractivity contribution in [3.05, 3.63) is 48.5 Å². The highest BCUT2D eigenvalue weighted by Gasteiger charge is 2.15. The second-order valence-corrected chi connectivity index (χ2v) is 4.62. The fraction of sp³-hybridized carbons (Fsp3) is 0.250. The van der Waals surface area contributed by atoms with E-state index in [-0.39, 0.29) is 0 Å². The normalized spacial score (nSPS) is 15.4. The molecule has 0 spiro atoms. The van der Waals surface area contributed by atoms with Gasteiger partial charge in [0.1, 0.15) is 0 Å². The van der Waals surface area contributed by atoms with Gasteiger partial charge < -0.3 is 4.90 Å². The summed E-state index contributed by atoms with van der Waals surface area (Å²) in [6.45, 7) is 6.35. The van der Waals surface area contributed by atoms with E-state index < -0.39 is 0 Å². The number of benzene rings is 2. The average Bonchev–Trinajstić information content (AvgIpc) is 2.91. The van der Waals surface area contributed by atoms with Gasteiger partial charge in [0.05, 0.1) is 0 Å². The number of fused-ring (bicyclic) bond motifs is 1. The molecule has 2 aromatic rings. The molecule has 0 aliphatic carbocycles. The molecule has 1 aliphatic rings. The maximum atomic E-state index is 3.99. The van der Waals surface area contributed by atoms with Crippen LogP contribution in [0.4, 0.5) is 5.69 Å². The fourth-order valence-electron chi connectivity index (χ4n) is 2.73. The Kier molecular flexibility index (Phi) is 2.60. The highest BCUT2D eigenvalue weighted by molar-refractivity contribution is 5.95. The van der Waals surface area contributed by atoms with E-state index >= 15 is 0 Å². The molecule has 0 unspecified atom stereocenters. The minimum Gasteiger partial charge on any atom is -0.371 e. The number of hydrogen-bond acceptors (Lipinski definition) is 1. The zero-order valence-corrected chi connectivity index (χ0v) is 10.0. The second-order valence-electron chi connectivity index (χ2n) is 4.62. The molecule has 86 valence electrons. The van der Waals surface area contributed by atoms with Gasteiger partial charge in [0.2, 0.25) is 0 Å². The van der Waals surface area contributed by atoms with Crippen LogP contribution in [-0.4, -0.2) is 13.1 Å². The van der Waals surface area contributed by atoms with Crippen molar-refractivity contribution in [2.75, 3.05) is 18.0 Å². The van der Waals surface area contributed by atoms with Crippen LogP contribution in [0.15, 0.2) is 43.0 Å². The summed E-state index contributed by atoms with van der Waals surface area (Å²) in [5.41, 5.74) is 2.63. The first-order valence-corrected chi connectivity index (χ1v) is 6.29. The van der Waals surface area contributed by atoms with E-state index in [4.69, 9.17) is 0 Å². The lowest BCUT2D eigenvalue weighted by Gasteiger charge is -2.21. The summed E-state index contributed by atoms with van der Waals surface area (Å²) >= 11 is 0. The Hall–Kier alpha value is -1.76. The van der Waals surface area contributed by atoms with Crippen LogP contribution in [0.5, 0.6) is 0 Å². The number of rotatable bonds is 2. The Morgan fingerprint density at radius 1 is 1.00 bits per heavy atom. The molecule has 1 heteroatoms. The van der Waals surface area contributed by atoms with E-state index in [2.05, 4.69) is 47.9 Å². The fourth-order valence-corrected chi connectivity index (χ4v) is 2.73. The predicted molar refractivity (Wildman–Crippen MR) is 75.5 cm³/mol. The molecular weight excluding hydrogens is 206 g/mol. The molecule has 0 amide bonds. The van der Waals surface area contributed by atoms with Gasteiger partial charge in [-0.15, -0.1) is 0 Å². The van der Waals surface area contributed by atoms with Gasteiger partial charge in [-0.25, -0.2) is 0 Å². The SMILES string of the molecule is C=Cc1c(N2CCCC2)ccc2ccccc12. The lowest BCUT2D eigenvalue weighted by molar-refractivity contribution is 0.949. The Balaban J connectivity index is 2.21. The van der Waals surface area contributed by atoms with E-state index in [1.165, 1.54) is 48.0 Å². The van der Waals surface area contributed by atoms with E-state index in [0.717, 1.165) is 0 Å². The monoisotopic (exact) mass is 223 g/mol. The molecular formula is C16H17N. The van der Waals surface area contributed by atoms with Crippen LogP contribution in [0.25, 0.3) is 16.8 Å². The Labute approximate surface area is 102 Å². The van der Waals surface area contributed by atoms with E-state index in [1.807, 2.05) is 6.08 Å². The molecule has 1 saturated heterocycles. The number of anilines is 1. The summed E-state index contributed by atoms with van der Waals surface area (Å²) in [6, 6.07) is 13.0. The first-order chi connectivity index (χ1) is 8.40. The highest BCUT2D eigenvalue weighted by Crippen LogP contribution is 2.31. The van der Waals surface area contributed by atoms with Gasteiger partial charge in [0, 0.05) is 24.3 Å². The molecule has 17 heavy (non-hydrogen) atoms. The number of hydrogen-bond donors (Lipinski definition) is 0. The van der Waals surface area contributed by atoms with E-state index in [9.17, 15) is 0 Å². The second kappa shape index (κ2) is 4.25. The number of nitrogens with zero attached hydrogens (tertiary/aromatic N) is 1. The molecule has 3 rings (SSSR count). The minimum atomic E-state index is 1.18. The Morgan fingerprint density at radius 3 is 2.53 bits per heavy atom. The van der Waals surface area contributed by atoms with Gasteiger partial charge in [-0.05, 0) is 29.7 Å². The lowest BCUT2D eigenvalue weighted by atomic mass is 10.0. The van der Waals surface area contributed by atoms with Crippen LogP contribution in [-0.2, 0) is 0 Å². The largest absolute Gasteiger partial charge is 0.371 e. The zero-order valence-electron chi connectivity index (χ0n) is 10.0. The van der Waals surface area contributed by atoms with Crippen LogP contribution in [0, 0.1) is 0 Å². The van der Waals surface area contributed by atoms with Crippen molar-refractivity contribution in [3.63, 3.8) is 0 Å². The maximum absolute atomic E-state index is 3.99. The van der Waals surface area contributed by atoms with Crippen molar-refractivity contribution in [2.24, 2.45) is 0 Å². The van der Waals surface area contributed by atoms with Crippen LogP contribution in [0.3, 0.4) is 0 Å². The van der Waals surface area contributed by atoms with Gasteiger partial charge in [0.25, 0.3) is 0 Å². The standard InChI is InChI=1S/C16H17N/c1-2-14-15-8-4-3-7-13(15)9-10-16(14)17-11-5-6-12-17/h2-4,7-10H,1,5-6,11-12H2. The van der Waals surface area contributed by atoms with Crippen molar-refractivity contribution < 1.29 is 0 Å². The summed E-state index contributed by atoms with van der Waals surface area (Å²) in [5.74, 6) is 0. The molecule has 0 radical (unpaired) electrons. The molecule has 0 aromatic heterocycles. The molecule has 1 fully saturated rings. The van der Waals surface area contributed by atoms with Crippen LogP contribution >= 0.6 is 0 Å². The van der Waals surface area contributed by atoms with Crippen molar-refractivity contribution >= 4 is 22.5 Å². The summed E-state index contributed by atoms with van der Waals surface area (Å²) in [6.07, 6.45) is 4.61. The smallest absolute Gasteiger partial charge is 0.0446 e. The van der Waals surface area contributed by atoms with Crippen LogP contribution < -0.4 is 4.90 Å². The quantitative estimate of drug-likeness (QED) is 0.741. The molecule has 0 bridgehead atoms. The molecule has 0 N–H and O–H groups in total. The predicted octanol–water partition coefficient (Wildman–Crippen LogP) is 4.08. The third-order valence-electron chi connectivity index (χ3n) is 3.60. The summed E-state index contributed by atoms with van der Waals surface area (Å²) in [5, 5.41) is 2.61. The highest BCUT2D eigenvalue weighted by atomic mass is 15.1. The Morgan fingerprint density at radius 2 is 1.76 bits per heavy atom. The van der Waals surface area contributed by atoms with E-state index in [1.54, 1.807) is 0 Å². The summed E-state index contributed by atoms with van der Waals surface area (Å²) in [4.78, 5) is 2.48. The third kappa shape index (κ3) is 1.72. The first-order valence-electron chi connectivity index (χ1n) is 6.29. The minimum absolute atomic E-state index is 1.18. The first kappa shape index (κ1) is 10.4. The summed E-state index contributed by atoms with van der Waals surface area (Å²) < 4.78 is 0. The lowest BCUT2D eigenvalue weighted by Crippen LogP contribution is -2.18. The third-order valence-corrected chi connectivity index (χ3v) is 3.60. The topological polar surface area (TPSA) is 3.24 Å². The van der Waals surface area contributed by atoms with Gasteiger partial charge >= 0.3 is 0 Å².